The number of carbonyl (C=O) groups excluding carboxylic acids is 1. The first-order valence-corrected chi connectivity index (χ1v) is 8.68. The summed E-state index contributed by atoms with van der Waals surface area (Å²) in [6.45, 7) is 1.36. The lowest BCUT2D eigenvalue weighted by molar-refractivity contribution is 0.0787. The molecule has 0 saturated carbocycles. The van der Waals surface area contributed by atoms with Crippen LogP contribution in [0.15, 0.2) is 57.0 Å². The zero-order chi connectivity index (χ0) is 15.5. The standard InChI is InChI=1S/C16H16BrN3OS.2ClH/c17-11-5-6-15(19-9-11)22-14-4-2-1-3-13(14)16(21)20-8-7-12(18)10-20;;/h1-6,9,12H,7-8,10,18H2;2*1H/t12-;;/m1../s1. The fourth-order valence-electron chi connectivity index (χ4n) is 2.41. The first kappa shape index (κ1) is 21.3. The fourth-order valence-corrected chi connectivity index (χ4v) is 3.52. The Morgan fingerprint density at radius 1 is 1.25 bits per heavy atom. The second kappa shape index (κ2) is 9.63. The Morgan fingerprint density at radius 3 is 2.62 bits per heavy atom. The second-order valence-electron chi connectivity index (χ2n) is 5.21. The summed E-state index contributed by atoms with van der Waals surface area (Å²) in [6.07, 6.45) is 2.63. The molecular formula is C16H18BrCl2N3OS. The number of likely N-dealkylation sites (tertiary alicyclic amines) is 1. The van der Waals surface area contributed by atoms with Crippen molar-refractivity contribution >= 4 is 58.4 Å². The minimum Gasteiger partial charge on any atom is -0.337 e. The molecule has 1 aliphatic heterocycles. The van der Waals surface area contributed by atoms with Gasteiger partial charge in [0.1, 0.15) is 5.03 Å². The van der Waals surface area contributed by atoms with Gasteiger partial charge in [0, 0.05) is 34.7 Å². The highest BCUT2D eigenvalue weighted by Gasteiger charge is 2.26. The lowest BCUT2D eigenvalue weighted by Gasteiger charge is -2.17. The number of aromatic nitrogens is 1. The first-order chi connectivity index (χ1) is 10.6. The minimum atomic E-state index is 0. The summed E-state index contributed by atoms with van der Waals surface area (Å²) in [5, 5.41) is 0.863. The number of hydrogen-bond acceptors (Lipinski definition) is 4. The van der Waals surface area contributed by atoms with E-state index in [2.05, 4.69) is 20.9 Å². The summed E-state index contributed by atoms with van der Waals surface area (Å²) in [4.78, 5) is 19.8. The number of pyridine rings is 1. The maximum absolute atomic E-state index is 12.7. The number of hydrogen-bond donors (Lipinski definition) is 1. The summed E-state index contributed by atoms with van der Waals surface area (Å²) in [5.41, 5.74) is 6.62. The molecule has 2 aromatic rings. The third-order valence-electron chi connectivity index (χ3n) is 3.54. The molecule has 1 aromatic carbocycles. The molecular weight excluding hydrogens is 433 g/mol. The van der Waals surface area contributed by atoms with E-state index in [0.29, 0.717) is 12.1 Å². The number of amides is 1. The molecule has 8 heteroatoms. The van der Waals surface area contributed by atoms with E-state index in [1.807, 2.05) is 41.3 Å². The molecule has 24 heavy (non-hydrogen) atoms. The summed E-state index contributed by atoms with van der Waals surface area (Å²) >= 11 is 4.87. The lowest BCUT2D eigenvalue weighted by Crippen LogP contribution is -2.32. The van der Waals surface area contributed by atoms with Crippen molar-refractivity contribution in [1.82, 2.24) is 9.88 Å². The molecule has 1 fully saturated rings. The highest BCUT2D eigenvalue weighted by molar-refractivity contribution is 9.10. The van der Waals surface area contributed by atoms with Crippen LogP contribution in [0.2, 0.25) is 0 Å². The predicted molar refractivity (Wildman–Crippen MR) is 105 cm³/mol. The molecule has 0 unspecified atom stereocenters. The maximum Gasteiger partial charge on any atom is 0.255 e. The Balaban J connectivity index is 0.00000144. The van der Waals surface area contributed by atoms with Crippen LogP contribution < -0.4 is 5.73 Å². The Morgan fingerprint density at radius 2 is 2.00 bits per heavy atom. The Kier molecular flexibility index (Phi) is 8.53. The molecule has 0 spiro atoms. The van der Waals surface area contributed by atoms with Gasteiger partial charge in [-0.3, -0.25) is 4.79 Å². The van der Waals surface area contributed by atoms with E-state index < -0.39 is 0 Å². The SMILES string of the molecule is Cl.Cl.N[C@@H]1CCN(C(=O)c2ccccc2Sc2ccc(Br)cn2)C1. The van der Waals surface area contributed by atoms with Gasteiger partial charge in [-0.1, -0.05) is 23.9 Å². The highest BCUT2D eigenvalue weighted by atomic mass is 79.9. The molecule has 0 aliphatic carbocycles. The Bertz CT molecular complexity index is 687. The van der Waals surface area contributed by atoms with Gasteiger partial charge in [0.2, 0.25) is 0 Å². The van der Waals surface area contributed by atoms with Gasteiger partial charge in [0.15, 0.2) is 0 Å². The van der Waals surface area contributed by atoms with Gasteiger partial charge in [-0.2, -0.15) is 0 Å². The van der Waals surface area contributed by atoms with Crippen molar-refractivity contribution in [3.8, 4) is 0 Å². The number of benzene rings is 1. The Labute approximate surface area is 166 Å². The van der Waals surface area contributed by atoms with Crippen LogP contribution in [-0.2, 0) is 0 Å². The van der Waals surface area contributed by atoms with Gasteiger partial charge in [0.05, 0.1) is 5.56 Å². The highest BCUT2D eigenvalue weighted by Crippen LogP contribution is 2.30. The van der Waals surface area contributed by atoms with Crippen molar-refractivity contribution in [2.24, 2.45) is 5.73 Å². The van der Waals surface area contributed by atoms with Crippen molar-refractivity contribution in [2.45, 2.75) is 22.4 Å². The van der Waals surface area contributed by atoms with Gasteiger partial charge >= 0.3 is 0 Å². The van der Waals surface area contributed by atoms with Gasteiger partial charge in [0.25, 0.3) is 5.91 Å². The molecule has 1 amide bonds. The van der Waals surface area contributed by atoms with E-state index in [9.17, 15) is 4.79 Å². The third-order valence-corrected chi connectivity index (χ3v) is 5.04. The molecule has 0 radical (unpaired) electrons. The molecule has 1 aliphatic rings. The average molecular weight is 451 g/mol. The second-order valence-corrected chi connectivity index (χ2v) is 7.19. The van der Waals surface area contributed by atoms with Gasteiger partial charge in [-0.15, -0.1) is 24.8 Å². The van der Waals surface area contributed by atoms with Crippen molar-refractivity contribution in [2.75, 3.05) is 13.1 Å². The van der Waals surface area contributed by atoms with Gasteiger partial charge in [-0.25, -0.2) is 4.98 Å². The zero-order valence-electron chi connectivity index (χ0n) is 12.7. The van der Waals surface area contributed by atoms with Crippen LogP contribution in [0.1, 0.15) is 16.8 Å². The minimum absolute atomic E-state index is 0. The number of carbonyl (C=O) groups is 1. The summed E-state index contributed by atoms with van der Waals surface area (Å²) in [7, 11) is 0. The summed E-state index contributed by atoms with van der Waals surface area (Å²) in [5.74, 6) is 0.0492. The summed E-state index contributed by atoms with van der Waals surface area (Å²) < 4.78 is 0.937. The van der Waals surface area contributed by atoms with E-state index >= 15 is 0 Å². The van der Waals surface area contributed by atoms with Crippen LogP contribution in [0, 0.1) is 0 Å². The van der Waals surface area contributed by atoms with Crippen LogP contribution in [0.3, 0.4) is 0 Å². The number of halogens is 3. The molecule has 130 valence electrons. The van der Waals surface area contributed by atoms with Crippen molar-refractivity contribution in [3.63, 3.8) is 0 Å². The smallest absolute Gasteiger partial charge is 0.255 e. The fraction of sp³-hybridized carbons (Fsp3) is 0.250. The Hall–Kier alpha value is -0.790. The predicted octanol–water partition coefficient (Wildman–Crippen LogP) is 4.01. The van der Waals surface area contributed by atoms with E-state index in [1.54, 1.807) is 6.20 Å². The van der Waals surface area contributed by atoms with Crippen LogP contribution >= 0.6 is 52.5 Å². The molecule has 3 rings (SSSR count). The van der Waals surface area contributed by atoms with E-state index in [4.69, 9.17) is 5.73 Å². The maximum atomic E-state index is 12.7. The van der Waals surface area contributed by atoms with Gasteiger partial charge < -0.3 is 10.6 Å². The first-order valence-electron chi connectivity index (χ1n) is 7.07. The van der Waals surface area contributed by atoms with E-state index in [0.717, 1.165) is 27.4 Å². The van der Waals surface area contributed by atoms with Crippen molar-refractivity contribution < 1.29 is 4.79 Å². The number of nitrogens with zero attached hydrogens (tertiary/aromatic N) is 2. The normalized spacial score (nSPS) is 16.2. The average Bonchev–Trinajstić information content (AvgIpc) is 2.96. The van der Waals surface area contributed by atoms with Crippen LogP contribution in [0.5, 0.6) is 0 Å². The molecule has 0 bridgehead atoms. The van der Waals surface area contributed by atoms with Crippen molar-refractivity contribution in [1.29, 1.82) is 0 Å². The zero-order valence-corrected chi connectivity index (χ0v) is 16.8. The largest absolute Gasteiger partial charge is 0.337 e. The third kappa shape index (κ3) is 5.10. The summed E-state index contributed by atoms with van der Waals surface area (Å²) in [6, 6.07) is 11.6. The molecule has 1 atom stereocenters. The van der Waals surface area contributed by atoms with Crippen LogP contribution in [-0.4, -0.2) is 34.9 Å². The molecule has 2 heterocycles. The number of nitrogens with two attached hydrogens (primary N) is 1. The van der Waals surface area contributed by atoms with Gasteiger partial charge in [-0.05, 0) is 46.6 Å². The topological polar surface area (TPSA) is 59.2 Å². The van der Waals surface area contributed by atoms with Crippen molar-refractivity contribution in [3.05, 3.63) is 52.6 Å². The van der Waals surface area contributed by atoms with E-state index in [1.165, 1.54) is 11.8 Å². The molecule has 1 saturated heterocycles. The monoisotopic (exact) mass is 449 g/mol. The van der Waals surface area contributed by atoms with E-state index in [-0.39, 0.29) is 36.8 Å². The molecule has 4 nitrogen and oxygen atoms in total. The van der Waals surface area contributed by atoms with Crippen LogP contribution in [0.25, 0.3) is 0 Å². The van der Waals surface area contributed by atoms with Crippen LogP contribution in [0.4, 0.5) is 0 Å². The molecule has 2 N–H and O–H groups in total. The quantitative estimate of drug-likeness (QED) is 0.767. The number of rotatable bonds is 3. The molecule has 1 aromatic heterocycles. The lowest BCUT2D eigenvalue weighted by atomic mass is 10.2.